The SMILES string of the molecule is CC(C)Cn1c(SC2CCCC2)nnc1N1CCOCC1. The number of ether oxygens (including phenoxy) is 1. The van der Waals surface area contributed by atoms with Crippen LogP contribution in [0.1, 0.15) is 39.5 Å². The zero-order valence-electron chi connectivity index (χ0n) is 13.1. The summed E-state index contributed by atoms with van der Waals surface area (Å²) in [6, 6.07) is 0. The molecule has 1 aromatic rings. The summed E-state index contributed by atoms with van der Waals surface area (Å²) in [4.78, 5) is 2.32. The smallest absolute Gasteiger partial charge is 0.228 e. The third-order valence-electron chi connectivity index (χ3n) is 4.11. The third-order valence-corrected chi connectivity index (χ3v) is 5.43. The second-order valence-corrected chi connectivity index (χ2v) is 7.68. The van der Waals surface area contributed by atoms with Crippen LogP contribution in [0.2, 0.25) is 0 Å². The largest absolute Gasteiger partial charge is 0.378 e. The van der Waals surface area contributed by atoms with Gasteiger partial charge >= 0.3 is 0 Å². The molecular formula is C15H26N4OS. The molecule has 0 N–H and O–H groups in total. The van der Waals surface area contributed by atoms with Crippen LogP contribution < -0.4 is 4.90 Å². The van der Waals surface area contributed by atoms with Crippen molar-refractivity contribution in [3.8, 4) is 0 Å². The highest BCUT2D eigenvalue weighted by atomic mass is 32.2. The summed E-state index contributed by atoms with van der Waals surface area (Å²) < 4.78 is 7.78. The molecule has 0 bridgehead atoms. The fourth-order valence-electron chi connectivity index (χ4n) is 3.05. The van der Waals surface area contributed by atoms with Gasteiger partial charge < -0.3 is 9.64 Å². The van der Waals surface area contributed by atoms with Crippen LogP contribution in [0.3, 0.4) is 0 Å². The molecule has 2 heterocycles. The van der Waals surface area contributed by atoms with Crippen LogP contribution in [-0.4, -0.2) is 46.3 Å². The highest BCUT2D eigenvalue weighted by molar-refractivity contribution is 7.99. The van der Waals surface area contributed by atoms with E-state index in [1.807, 2.05) is 11.8 Å². The van der Waals surface area contributed by atoms with Gasteiger partial charge in [0.2, 0.25) is 5.95 Å². The minimum atomic E-state index is 0.601. The molecule has 21 heavy (non-hydrogen) atoms. The fraction of sp³-hybridized carbons (Fsp3) is 0.867. The second-order valence-electron chi connectivity index (χ2n) is 6.41. The molecular weight excluding hydrogens is 284 g/mol. The van der Waals surface area contributed by atoms with Crippen molar-refractivity contribution in [3.05, 3.63) is 0 Å². The van der Waals surface area contributed by atoms with Gasteiger partial charge in [-0.1, -0.05) is 38.5 Å². The molecule has 6 heteroatoms. The number of aromatic nitrogens is 3. The molecule has 0 atom stereocenters. The summed E-state index contributed by atoms with van der Waals surface area (Å²) in [6.07, 6.45) is 5.39. The van der Waals surface area contributed by atoms with E-state index in [1.165, 1.54) is 25.7 Å². The standard InChI is InChI=1S/C15H26N4OS/c1-12(2)11-19-14(18-7-9-20-10-8-18)16-17-15(19)21-13-5-3-4-6-13/h12-13H,3-11H2,1-2H3. The average Bonchev–Trinajstić information content (AvgIpc) is 3.11. The zero-order valence-corrected chi connectivity index (χ0v) is 13.9. The molecule has 118 valence electrons. The van der Waals surface area contributed by atoms with Gasteiger partial charge in [0, 0.05) is 24.9 Å². The number of hydrogen-bond donors (Lipinski definition) is 0. The summed E-state index contributed by atoms with van der Waals surface area (Å²) >= 11 is 1.94. The van der Waals surface area contributed by atoms with Crippen molar-refractivity contribution >= 4 is 17.7 Å². The van der Waals surface area contributed by atoms with E-state index >= 15 is 0 Å². The van der Waals surface area contributed by atoms with Gasteiger partial charge in [-0.2, -0.15) is 0 Å². The Kier molecular flexibility index (Phi) is 5.06. The van der Waals surface area contributed by atoms with E-state index in [-0.39, 0.29) is 0 Å². The number of rotatable bonds is 5. The van der Waals surface area contributed by atoms with E-state index < -0.39 is 0 Å². The molecule has 1 saturated carbocycles. The molecule has 0 radical (unpaired) electrons. The summed E-state index contributed by atoms with van der Waals surface area (Å²) in [5.74, 6) is 1.64. The average molecular weight is 310 g/mol. The molecule has 0 unspecified atom stereocenters. The van der Waals surface area contributed by atoms with E-state index in [9.17, 15) is 0 Å². The molecule has 0 spiro atoms. The maximum Gasteiger partial charge on any atom is 0.228 e. The zero-order chi connectivity index (χ0) is 14.7. The molecule has 3 rings (SSSR count). The number of nitrogens with zero attached hydrogens (tertiary/aromatic N) is 4. The first-order valence-electron chi connectivity index (χ1n) is 8.16. The first-order valence-corrected chi connectivity index (χ1v) is 9.04. The predicted octanol–water partition coefficient (Wildman–Crippen LogP) is 2.81. The minimum absolute atomic E-state index is 0.601. The van der Waals surface area contributed by atoms with E-state index in [2.05, 4.69) is 33.5 Å². The van der Waals surface area contributed by atoms with Gasteiger partial charge in [-0.25, -0.2) is 0 Å². The Hall–Kier alpha value is -0.750. The predicted molar refractivity (Wildman–Crippen MR) is 86.0 cm³/mol. The molecule has 1 aliphatic carbocycles. The van der Waals surface area contributed by atoms with Gasteiger partial charge in [-0.05, 0) is 18.8 Å². The van der Waals surface area contributed by atoms with E-state index in [4.69, 9.17) is 4.74 Å². The number of thioether (sulfide) groups is 1. The van der Waals surface area contributed by atoms with Crippen molar-refractivity contribution in [2.45, 2.75) is 56.5 Å². The molecule has 0 amide bonds. The highest BCUT2D eigenvalue weighted by Crippen LogP contribution is 2.35. The Morgan fingerprint density at radius 1 is 1.19 bits per heavy atom. The van der Waals surface area contributed by atoms with Crippen LogP contribution in [0.5, 0.6) is 0 Å². The van der Waals surface area contributed by atoms with Gasteiger partial charge in [0.05, 0.1) is 13.2 Å². The molecule has 1 aromatic heterocycles. The maximum absolute atomic E-state index is 5.45. The van der Waals surface area contributed by atoms with E-state index in [0.717, 1.165) is 49.2 Å². The normalized spacial score (nSPS) is 20.6. The van der Waals surface area contributed by atoms with Crippen LogP contribution in [0.4, 0.5) is 5.95 Å². The Balaban J connectivity index is 1.79. The second kappa shape index (κ2) is 7.01. The van der Waals surface area contributed by atoms with Crippen molar-refractivity contribution in [2.24, 2.45) is 5.92 Å². The summed E-state index contributed by atoms with van der Waals surface area (Å²) in [6.45, 7) is 8.93. The monoisotopic (exact) mass is 310 g/mol. The van der Waals surface area contributed by atoms with Crippen molar-refractivity contribution in [3.63, 3.8) is 0 Å². The number of anilines is 1. The quantitative estimate of drug-likeness (QED) is 0.836. The van der Waals surface area contributed by atoms with Gasteiger partial charge in [0.25, 0.3) is 0 Å². The van der Waals surface area contributed by atoms with Crippen LogP contribution in [-0.2, 0) is 11.3 Å². The Morgan fingerprint density at radius 3 is 2.57 bits per heavy atom. The van der Waals surface area contributed by atoms with Crippen LogP contribution in [0.25, 0.3) is 0 Å². The number of hydrogen-bond acceptors (Lipinski definition) is 5. The molecule has 2 fully saturated rings. The third kappa shape index (κ3) is 3.72. The first-order chi connectivity index (χ1) is 10.2. The summed E-state index contributed by atoms with van der Waals surface area (Å²) in [5, 5.41) is 10.8. The van der Waals surface area contributed by atoms with Gasteiger partial charge in [-0.15, -0.1) is 10.2 Å². The van der Waals surface area contributed by atoms with Crippen LogP contribution >= 0.6 is 11.8 Å². The molecule has 5 nitrogen and oxygen atoms in total. The lowest BCUT2D eigenvalue weighted by molar-refractivity contribution is 0.121. The molecule has 2 aliphatic rings. The summed E-state index contributed by atoms with van der Waals surface area (Å²) in [7, 11) is 0. The van der Waals surface area contributed by atoms with Gasteiger partial charge in [0.15, 0.2) is 5.16 Å². The Morgan fingerprint density at radius 2 is 1.90 bits per heavy atom. The van der Waals surface area contributed by atoms with Crippen LogP contribution in [0, 0.1) is 5.92 Å². The van der Waals surface area contributed by atoms with Crippen molar-refractivity contribution in [2.75, 3.05) is 31.2 Å². The lowest BCUT2D eigenvalue weighted by Crippen LogP contribution is -2.38. The van der Waals surface area contributed by atoms with Crippen LogP contribution in [0.15, 0.2) is 5.16 Å². The maximum atomic E-state index is 5.45. The van der Waals surface area contributed by atoms with Crippen molar-refractivity contribution < 1.29 is 4.74 Å². The van der Waals surface area contributed by atoms with Crippen molar-refractivity contribution in [1.29, 1.82) is 0 Å². The van der Waals surface area contributed by atoms with Crippen molar-refractivity contribution in [1.82, 2.24) is 14.8 Å². The van der Waals surface area contributed by atoms with E-state index in [0.29, 0.717) is 5.92 Å². The molecule has 1 saturated heterocycles. The molecule has 0 aromatic carbocycles. The van der Waals surface area contributed by atoms with Gasteiger partial charge in [0.1, 0.15) is 0 Å². The lowest BCUT2D eigenvalue weighted by atomic mass is 10.2. The Labute approximate surface area is 131 Å². The minimum Gasteiger partial charge on any atom is -0.378 e. The fourth-order valence-corrected chi connectivity index (χ4v) is 4.28. The number of morpholine rings is 1. The first kappa shape index (κ1) is 15.2. The summed E-state index contributed by atoms with van der Waals surface area (Å²) in [5.41, 5.74) is 0. The highest BCUT2D eigenvalue weighted by Gasteiger charge is 2.24. The van der Waals surface area contributed by atoms with E-state index in [1.54, 1.807) is 0 Å². The van der Waals surface area contributed by atoms with Gasteiger partial charge in [-0.3, -0.25) is 4.57 Å². The Bertz CT molecular complexity index is 451. The lowest BCUT2D eigenvalue weighted by Gasteiger charge is -2.28. The molecule has 1 aliphatic heterocycles. The topological polar surface area (TPSA) is 43.2 Å².